The summed E-state index contributed by atoms with van der Waals surface area (Å²) in [5.41, 5.74) is 4.97. The highest BCUT2D eigenvalue weighted by molar-refractivity contribution is 6.42. The molecule has 7 heteroatoms. The number of oxime groups is 1. The molecular formula is C8H14N3O4-. The topological polar surface area (TPSA) is 122 Å². The summed E-state index contributed by atoms with van der Waals surface area (Å²) in [6.07, 6.45) is 1.58. The first-order valence-corrected chi connectivity index (χ1v) is 4.31. The lowest BCUT2D eigenvalue weighted by Crippen LogP contribution is -2.28. The van der Waals surface area contributed by atoms with Gasteiger partial charge in [0.05, 0.1) is 0 Å². The van der Waals surface area contributed by atoms with E-state index in [1.165, 1.54) is 13.0 Å². The monoisotopic (exact) mass is 216 g/mol. The van der Waals surface area contributed by atoms with Gasteiger partial charge in [0.2, 0.25) is 0 Å². The molecule has 0 aliphatic rings. The number of carbonyl (C=O) groups is 1. The van der Waals surface area contributed by atoms with Crippen molar-refractivity contribution in [2.75, 3.05) is 0 Å². The summed E-state index contributed by atoms with van der Waals surface area (Å²) < 4.78 is 0. The first-order chi connectivity index (χ1) is 6.93. The van der Waals surface area contributed by atoms with E-state index >= 15 is 0 Å². The van der Waals surface area contributed by atoms with E-state index in [4.69, 9.17) is 16.1 Å². The van der Waals surface area contributed by atoms with Crippen molar-refractivity contribution >= 4 is 11.6 Å². The van der Waals surface area contributed by atoms with Gasteiger partial charge in [-0.1, -0.05) is 12.1 Å². The minimum absolute atomic E-state index is 0.245. The number of amides is 1. The van der Waals surface area contributed by atoms with Crippen LogP contribution in [0.4, 0.5) is 0 Å². The zero-order valence-corrected chi connectivity index (χ0v) is 8.54. The van der Waals surface area contributed by atoms with Crippen molar-refractivity contribution < 1.29 is 15.2 Å². The summed E-state index contributed by atoms with van der Waals surface area (Å²) in [7, 11) is 0. The second kappa shape index (κ2) is 6.12. The van der Waals surface area contributed by atoms with E-state index in [0.717, 1.165) is 0 Å². The van der Waals surface area contributed by atoms with E-state index in [1.54, 1.807) is 6.92 Å². The molecule has 86 valence electrons. The SMILES string of the molecule is CC/C(=C\C(=N\O)C(N)=O)[C@@H](C)N([O-])O. The van der Waals surface area contributed by atoms with Gasteiger partial charge in [-0.3, -0.25) is 10.0 Å². The molecule has 7 nitrogen and oxygen atoms in total. The van der Waals surface area contributed by atoms with Crippen LogP contribution in [0.2, 0.25) is 0 Å². The fourth-order valence-corrected chi connectivity index (χ4v) is 0.985. The van der Waals surface area contributed by atoms with Crippen LogP contribution in [0.5, 0.6) is 0 Å². The lowest BCUT2D eigenvalue weighted by atomic mass is 10.0. The fourth-order valence-electron chi connectivity index (χ4n) is 0.985. The fraction of sp³-hybridized carbons (Fsp3) is 0.500. The number of nitrogens with two attached hydrogens (primary N) is 1. The smallest absolute Gasteiger partial charge is 0.270 e. The van der Waals surface area contributed by atoms with Gasteiger partial charge in [-0.2, -0.15) is 0 Å². The van der Waals surface area contributed by atoms with Gasteiger partial charge in [-0.15, -0.1) is 0 Å². The van der Waals surface area contributed by atoms with Gasteiger partial charge in [0.15, 0.2) is 5.71 Å². The highest BCUT2D eigenvalue weighted by atomic mass is 16.8. The summed E-state index contributed by atoms with van der Waals surface area (Å²) >= 11 is 0. The van der Waals surface area contributed by atoms with Gasteiger partial charge >= 0.3 is 0 Å². The van der Waals surface area contributed by atoms with Crippen molar-refractivity contribution in [3.63, 3.8) is 0 Å². The number of nitrogens with zero attached hydrogens (tertiary/aromatic N) is 2. The summed E-state index contributed by atoms with van der Waals surface area (Å²) in [6.45, 7) is 3.17. The minimum Gasteiger partial charge on any atom is -0.762 e. The van der Waals surface area contributed by atoms with E-state index in [9.17, 15) is 10.0 Å². The third kappa shape index (κ3) is 4.07. The average Bonchev–Trinajstić information content (AvgIpc) is 2.18. The highest BCUT2D eigenvalue weighted by Gasteiger charge is 2.11. The molecule has 0 aromatic carbocycles. The van der Waals surface area contributed by atoms with Gasteiger partial charge < -0.3 is 21.4 Å². The summed E-state index contributed by atoms with van der Waals surface area (Å²) in [5, 5.41) is 30.1. The van der Waals surface area contributed by atoms with Crippen LogP contribution in [0.25, 0.3) is 0 Å². The number of hydrogen-bond acceptors (Lipinski definition) is 6. The van der Waals surface area contributed by atoms with Crippen molar-refractivity contribution in [1.82, 2.24) is 5.23 Å². The maximum Gasteiger partial charge on any atom is 0.270 e. The molecule has 0 rings (SSSR count). The Labute approximate surface area is 87.0 Å². The van der Waals surface area contributed by atoms with Gasteiger partial charge in [0, 0.05) is 6.04 Å². The van der Waals surface area contributed by atoms with Crippen LogP contribution in [0.3, 0.4) is 0 Å². The molecule has 0 fully saturated rings. The average molecular weight is 216 g/mol. The molecule has 0 bridgehead atoms. The molecule has 0 saturated carbocycles. The Morgan fingerprint density at radius 2 is 2.27 bits per heavy atom. The second-order valence-corrected chi connectivity index (χ2v) is 2.90. The maximum atomic E-state index is 10.7. The van der Waals surface area contributed by atoms with E-state index in [2.05, 4.69) is 5.16 Å². The Hall–Kier alpha value is -1.44. The van der Waals surface area contributed by atoms with Gasteiger partial charge in [-0.25, -0.2) is 0 Å². The molecule has 0 aliphatic heterocycles. The molecule has 15 heavy (non-hydrogen) atoms. The van der Waals surface area contributed by atoms with Crippen molar-refractivity contribution in [2.45, 2.75) is 26.3 Å². The molecule has 1 amide bonds. The molecule has 0 saturated heterocycles. The third-order valence-electron chi connectivity index (χ3n) is 1.96. The Balaban J connectivity index is 4.95. The van der Waals surface area contributed by atoms with E-state index in [-0.39, 0.29) is 10.9 Å². The second-order valence-electron chi connectivity index (χ2n) is 2.90. The predicted molar refractivity (Wildman–Crippen MR) is 53.2 cm³/mol. The molecule has 0 radical (unpaired) electrons. The lowest BCUT2D eigenvalue weighted by Gasteiger charge is -2.29. The van der Waals surface area contributed by atoms with E-state index in [1.807, 2.05) is 0 Å². The Morgan fingerprint density at radius 1 is 1.73 bits per heavy atom. The van der Waals surface area contributed by atoms with Gasteiger partial charge in [0.1, 0.15) is 0 Å². The molecule has 0 spiro atoms. The molecule has 1 atom stereocenters. The van der Waals surface area contributed by atoms with E-state index in [0.29, 0.717) is 12.0 Å². The molecule has 0 aromatic rings. The Bertz CT molecular complexity index is 286. The normalized spacial score (nSPS) is 15.5. The first-order valence-electron chi connectivity index (χ1n) is 4.31. The van der Waals surface area contributed by atoms with E-state index < -0.39 is 11.9 Å². The van der Waals surface area contributed by atoms with Crippen LogP contribution in [-0.2, 0) is 4.79 Å². The van der Waals surface area contributed by atoms with Crippen LogP contribution in [0.15, 0.2) is 16.8 Å². The van der Waals surface area contributed by atoms with Gasteiger partial charge in [-0.05, 0) is 25.0 Å². The quantitative estimate of drug-likeness (QED) is 0.344. The van der Waals surface area contributed by atoms with Crippen LogP contribution < -0.4 is 5.73 Å². The largest absolute Gasteiger partial charge is 0.762 e. The maximum absolute atomic E-state index is 10.7. The first kappa shape index (κ1) is 13.6. The van der Waals surface area contributed by atoms with Crippen LogP contribution in [0, 0.1) is 5.21 Å². The molecule has 0 unspecified atom stereocenters. The number of carbonyl (C=O) groups excluding carboxylic acids is 1. The molecular weight excluding hydrogens is 202 g/mol. The zero-order chi connectivity index (χ0) is 12.0. The molecule has 0 heterocycles. The Kier molecular flexibility index (Phi) is 5.53. The lowest BCUT2D eigenvalue weighted by molar-refractivity contribution is -0.112. The van der Waals surface area contributed by atoms with Crippen molar-refractivity contribution in [3.05, 3.63) is 16.9 Å². The number of hydrogen-bond donors (Lipinski definition) is 3. The standard InChI is InChI=1S/C8H14N3O4/c1-3-6(5(2)11(14)15)4-7(10-13)8(9)12/h4-5,13-14H,3H2,1-2H3,(H2,9,12)/q-1/b6-4+,10-7-/t5-/m1/s1. The van der Waals surface area contributed by atoms with Gasteiger partial charge in [0.25, 0.3) is 5.91 Å². The van der Waals surface area contributed by atoms with Crippen LogP contribution in [0.1, 0.15) is 20.3 Å². The third-order valence-corrected chi connectivity index (χ3v) is 1.96. The Morgan fingerprint density at radius 3 is 2.53 bits per heavy atom. The highest BCUT2D eigenvalue weighted by Crippen LogP contribution is 2.11. The van der Waals surface area contributed by atoms with Crippen molar-refractivity contribution in [3.8, 4) is 0 Å². The number of rotatable bonds is 5. The summed E-state index contributed by atoms with van der Waals surface area (Å²) in [5.74, 6) is -0.911. The zero-order valence-electron chi connectivity index (χ0n) is 8.54. The number of hydroxylamine groups is 2. The predicted octanol–water partition coefficient (Wildman–Crippen LogP) is 0.216. The molecule has 0 aromatic heterocycles. The van der Waals surface area contributed by atoms with Crippen molar-refractivity contribution in [1.29, 1.82) is 0 Å². The summed E-state index contributed by atoms with van der Waals surface area (Å²) in [6, 6.07) is -0.828. The molecule has 4 N–H and O–H groups in total. The van der Waals surface area contributed by atoms with Crippen LogP contribution in [-0.4, -0.2) is 33.3 Å². The minimum atomic E-state index is -0.911. The van der Waals surface area contributed by atoms with Crippen molar-refractivity contribution in [2.24, 2.45) is 10.9 Å². The molecule has 0 aliphatic carbocycles. The number of primary amides is 1. The summed E-state index contributed by atoms with van der Waals surface area (Å²) in [4.78, 5) is 10.7. The van der Waals surface area contributed by atoms with Crippen LogP contribution >= 0.6 is 0 Å².